The zero-order valence-corrected chi connectivity index (χ0v) is 8.61. The number of carbonyl (C=O) groups excluding carboxylic acids is 1. The Morgan fingerprint density at radius 1 is 1.47 bits per heavy atom. The van der Waals surface area contributed by atoms with Crippen molar-refractivity contribution in [1.29, 1.82) is 5.26 Å². The first-order chi connectivity index (χ1) is 6.72. The van der Waals surface area contributed by atoms with Crippen molar-refractivity contribution in [2.45, 2.75) is 44.8 Å². The molecule has 1 amide bonds. The molecule has 0 aliphatic carbocycles. The molecule has 0 aliphatic rings. The SMILES string of the molecule is CCC(C)(C#N)NC(=O)CCC(F)(F)F. The van der Waals surface area contributed by atoms with Crippen LogP contribution >= 0.6 is 0 Å². The number of halogens is 3. The third kappa shape index (κ3) is 5.94. The summed E-state index contributed by atoms with van der Waals surface area (Å²) < 4.78 is 35.3. The minimum atomic E-state index is -4.34. The molecule has 0 rings (SSSR count). The van der Waals surface area contributed by atoms with Crippen LogP contribution in [-0.4, -0.2) is 17.6 Å². The van der Waals surface area contributed by atoms with Crippen LogP contribution in [0.1, 0.15) is 33.1 Å². The van der Waals surface area contributed by atoms with Crippen molar-refractivity contribution in [1.82, 2.24) is 5.32 Å². The molecule has 86 valence electrons. The summed E-state index contributed by atoms with van der Waals surface area (Å²) in [5.74, 6) is -0.752. The second kappa shape index (κ2) is 5.01. The Morgan fingerprint density at radius 2 is 2.00 bits per heavy atom. The van der Waals surface area contributed by atoms with Gasteiger partial charge in [-0.3, -0.25) is 4.79 Å². The van der Waals surface area contributed by atoms with Gasteiger partial charge in [-0.2, -0.15) is 18.4 Å². The smallest absolute Gasteiger partial charge is 0.338 e. The molecule has 0 heterocycles. The molecule has 3 nitrogen and oxygen atoms in total. The zero-order valence-electron chi connectivity index (χ0n) is 8.61. The van der Waals surface area contributed by atoms with Gasteiger partial charge in [-0.15, -0.1) is 0 Å². The molecule has 0 aromatic rings. The van der Waals surface area contributed by atoms with Crippen LogP contribution in [0.5, 0.6) is 0 Å². The second-order valence-electron chi connectivity index (χ2n) is 3.46. The number of rotatable bonds is 4. The maximum absolute atomic E-state index is 11.8. The summed E-state index contributed by atoms with van der Waals surface area (Å²) in [4.78, 5) is 11.1. The van der Waals surface area contributed by atoms with Crippen LogP contribution in [0.2, 0.25) is 0 Å². The van der Waals surface area contributed by atoms with Gasteiger partial charge in [0.15, 0.2) is 0 Å². The molecule has 0 aromatic heterocycles. The summed E-state index contributed by atoms with van der Waals surface area (Å²) in [6.07, 6.45) is -5.79. The minimum absolute atomic E-state index is 0.348. The lowest BCUT2D eigenvalue weighted by Gasteiger charge is -2.21. The molecule has 1 unspecified atom stereocenters. The molecule has 0 aliphatic heterocycles. The van der Waals surface area contributed by atoms with Gasteiger partial charge in [0.2, 0.25) is 5.91 Å². The molecule has 0 saturated heterocycles. The van der Waals surface area contributed by atoms with Crippen LogP contribution in [0.25, 0.3) is 0 Å². The lowest BCUT2D eigenvalue weighted by atomic mass is 10.0. The van der Waals surface area contributed by atoms with E-state index in [2.05, 4.69) is 5.32 Å². The number of hydrogen-bond acceptors (Lipinski definition) is 2. The lowest BCUT2D eigenvalue weighted by Crippen LogP contribution is -2.44. The number of nitriles is 1. The predicted molar refractivity (Wildman–Crippen MR) is 47.7 cm³/mol. The summed E-state index contributed by atoms with van der Waals surface area (Å²) in [6, 6.07) is 1.84. The van der Waals surface area contributed by atoms with E-state index in [1.807, 2.05) is 6.07 Å². The highest BCUT2D eigenvalue weighted by atomic mass is 19.4. The van der Waals surface area contributed by atoms with Crippen molar-refractivity contribution in [2.24, 2.45) is 0 Å². The van der Waals surface area contributed by atoms with Crippen LogP contribution in [-0.2, 0) is 4.79 Å². The van der Waals surface area contributed by atoms with Crippen LogP contribution in [0.15, 0.2) is 0 Å². The Hall–Kier alpha value is -1.25. The van der Waals surface area contributed by atoms with Crippen molar-refractivity contribution in [3.8, 4) is 6.07 Å². The van der Waals surface area contributed by atoms with Crippen LogP contribution in [0.4, 0.5) is 13.2 Å². The summed E-state index contributed by atoms with van der Waals surface area (Å²) >= 11 is 0. The highest BCUT2D eigenvalue weighted by molar-refractivity contribution is 5.77. The predicted octanol–water partition coefficient (Wildman–Crippen LogP) is 2.14. The number of nitrogens with one attached hydrogen (secondary N) is 1. The molecule has 0 radical (unpaired) electrons. The van der Waals surface area contributed by atoms with E-state index in [0.29, 0.717) is 6.42 Å². The normalized spacial score (nSPS) is 15.2. The first kappa shape index (κ1) is 13.8. The fourth-order valence-electron chi connectivity index (χ4n) is 0.821. The van der Waals surface area contributed by atoms with Gasteiger partial charge >= 0.3 is 6.18 Å². The summed E-state index contributed by atoms with van der Waals surface area (Å²) in [5, 5.41) is 10.9. The first-order valence-electron chi connectivity index (χ1n) is 4.51. The Bertz CT molecular complexity index is 270. The van der Waals surface area contributed by atoms with E-state index in [9.17, 15) is 18.0 Å². The molecule has 1 N–H and O–H groups in total. The van der Waals surface area contributed by atoms with E-state index >= 15 is 0 Å². The highest BCUT2D eigenvalue weighted by Crippen LogP contribution is 2.21. The fourth-order valence-corrected chi connectivity index (χ4v) is 0.821. The Kier molecular flexibility index (Phi) is 4.59. The van der Waals surface area contributed by atoms with Crippen LogP contribution in [0, 0.1) is 11.3 Å². The van der Waals surface area contributed by atoms with Crippen molar-refractivity contribution in [3.63, 3.8) is 0 Å². The molecule has 6 heteroatoms. The van der Waals surface area contributed by atoms with Gasteiger partial charge in [0.1, 0.15) is 5.54 Å². The van der Waals surface area contributed by atoms with E-state index < -0.39 is 30.5 Å². The largest absolute Gasteiger partial charge is 0.389 e. The summed E-state index contributed by atoms with van der Waals surface area (Å²) in [6.45, 7) is 3.14. The molecular weight excluding hydrogens is 209 g/mol. The number of nitrogens with zero attached hydrogens (tertiary/aromatic N) is 1. The number of hydrogen-bond donors (Lipinski definition) is 1. The van der Waals surface area contributed by atoms with E-state index in [0.717, 1.165) is 0 Å². The highest BCUT2D eigenvalue weighted by Gasteiger charge is 2.30. The standard InChI is InChI=1S/C9H13F3N2O/c1-3-8(2,6-13)14-7(15)4-5-9(10,11)12/h3-5H2,1-2H3,(H,14,15). The van der Waals surface area contributed by atoms with E-state index in [1.54, 1.807) is 6.92 Å². The van der Waals surface area contributed by atoms with Crippen molar-refractivity contribution in [3.05, 3.63) is 0 Å². The summed E-state index contributed by atoms with van der Waals surface area (Å²) in [7, 11) is 0. The Labute approximate surface area is 86.3 Å². The zero-order chi connectivity index (χ0) is 12.1. The fraction of sp³-hybridized carbons (Fsp3) is 0.778. The topological polar surface area (TPSA) is 52.9 Å². The van der Waals surface area contributed by atoms with E-state index in [1.165, 1.54) is 6.92 Å². The van der Waals surface area contributed by atoms with Crippen LogP contribution in [0.3, 0.4) is 0 Å². The number of alkyl halides is 3. The van der Waals surface area contributed by atoms with Crippen molar-refractivity contribution in [2.75, 3.05) is 0 Å². The van der Waals surface area contributed by atoms with Gasteiger partial charge in [0, 0.05) is 6.42 Å². The van der Waals surface area contributed by atoms with Gasteiger partial charge in [0.25, 0.3) is 0 Å². The van der Waals surface area contributed by atoms with Gasteiger partial charge in [-0.05, 0) is 13.3 Å². The Morgan fingerprint density at radius 3 is 2.33 bits per heavy atom. The molecule has 0 aromatic carbocycles. The molecule has 15 heavy (non-hydrogen) atoms. The molecule has 0 fully saturated rings. The summed E-state index contributed by atoms with van der Waals surface area (Å²) in [5.41, 5.74) is -1.08. The van der Waals surface area contributed by atoms with Gasteiger partial charge < -0.3 is 5.32 Å². The number of carbonyl (C=O) groups is 1. The van der Waals surface area contributed by atoms with E-state index in [4.69, 9.17) is 5.26 Å². The first-order valence-corrected chi connectivity index (χ1v) is 4.51. The van der Waals surface area contributed by atoms with Gasteiger partial charge in [-0.1, -0.05) is 6.92 Å². The molecule has 0 bridgehead atoms. The van der Waals surface area contributed by atoms with E-state index in [-0.39, 0.29) is 0 Å². The quantitative estimate of drug-likeness (QED) is 0.792. The maximum Gasteiger partial charge on any atom is 0.389 e. The monoisotopic (exact) mass is 222 g/mol. The third-order valence-electron chi connectivity index (χ3n) is 2.00. The average Bonchev–Trinajstić information content (AvgIpc) is 2.13. The third-order valence-corrected chi connectivity index (χ3v) is 2.00. The van der Waals surface area contributed by atoms with Crippen molar-refractivity contribution < 1.29 is 18.0 Å². The average molecular weight is 222 g/mol. The molecule has 0 spiro atoms. The van der Waals surface area contributed by atoms with Crippen LogP contribution < -0.4 is 5.32 Å². The van der Waals surface area contributed by atoms with Gasteiger partial charge in [0.05, 0.1) is 12.5 Å². The maximum atomic E-state index is 11.8. The lowest BCUT2D eigenvalue weighted by molar-refractivity contribution is -0.144. The van der Waals surface area contributed by atoms with Crippen molar-refractivity contribution >= 4 is 5.91 Å². The molecule has 0 saturated carbocycles. The number of amides is 1. The molecular formula is C9H13F3N2O. The Balaban J connectivity index is 4.11. The van der Waals surface area contributed by atoms with Gasteiger partial charge in [-0.25, -0.2) is 0 Å². The second-order valence-corrected chi connectivity index (χ2v) is 3.46. The molecule has 1 atom stereocenters. The minimum Gasteiger partial charge on any atom is -0.338 e.